The second-order valence-electron chi connectivity index (χ2n) is 4.76. The second-order valence-corrected chi connectivity index (χ2v) is 4.76. The van der Waals surface area contributed by atoms with E-state index in [1.165, 1.54) is 42.9 Å². The van der Waals surface area contributed by atoms with Crippen molar-refractivity contribution in [1.82, 2.24) is 0 Å². The minimum absolute atomic E-state index is 0.0325. The molecule has 7 nitrogen and oxygen atoms in total. The Morgan fingerprint density at radius 1 is 1.18 bits per heavy atom. The van der Waals surface area contributed by atoms with Crippen LogP contribution in [0.15, 0.2) is 53.0 Å². The summed E-state index contributed by atoms with van der Waals surface area (Å²) in [5, 5.41) is 21.8. The zero-order chi connectivity index (χ0) is 15.9. The molecular weight excluding hydrogens is 290 g/mol. The molecule has 1 heterocycles. The normalized spacial score (nSPS) is 16.7. The first-order chi connectivity index (χ1) is 10.5. The van der Waals surface area contributed by atoms with E-state index in [0.29, 0.717) is 0 Å². The molecule has 22 heavy (non-hydrogen) atoms. The molecule has 0 atom stereocenters. The van der Waals surface area contributed by atoms with Gasteiger partial charge in [-0.2, -0.15) is 0 Å². The number of nitrogens with zero attached hydrogens (tertiary/aromatic N) is 1. The third-order valence-electron chi connectivity index (χ3n) is 3.49. The summed E-state index contributed by atoms with van der Waals surface area (Å²) in [6.07, 6.45) is 3.43. The lowest BCUT2D eigenvalue weighted by molar-refractivity contribution is -0.435. The number of hydrogen-bond acceptors (Lipinski definition) is 6. The van der Waals surface area contributed by atoms with Crippen molar-refractivity contribution < 1.29 is 24.0 Å². The smallest absolute Gasteiger partial charge is 0.294 e. The van der Waals surface area contributed by atoms with E-state index >= 15 is 0 Å². The number of fused-ring (bicyclic) bond motifs is 1. The molecule has 0 bridgehead atoms. The number of nitro groups is 1. The largest absolute Gasteiger partial charge is 0.472 e. The Hall–Kier alpha value is -3.06. The number of carbonyl (C=O) groups is 2. The lowest BCUT2D eigenvalue weighted by Crippen LogP contribution is -2.45. The van der Waals surface area contributed by atoms with Crippen molar-refractivity contribution in [2.24, 2.45) is 0 Å². The predicted molar refractivity (Wildman–Crippen MR) is 73.7 cm³/mol. The van der Waals surface area contributed by atoms with Gasteiger partial charge in [-0.3, -0.25) is 19.7 Å². The van der Waals surface area contributed by atoms with E-state index in [0.717, 1.165) is 6.08 Å². The maximum Gasteiger partial charge on any atom is 0.294 e. The van der Waals surface area contributed by atoms with Gasteiger partial charge in [0.2, 0.25) is 11.6 Å². The minimum atomic E-state index is -2.83. The summed E-state index contributed by atoms with van der Waals surface area (Å²) in [6, 6.07) is 7.14. The number of aliphatic hydroxyl groups is 1. The zero-order valence-corrected chi connectivity index (χ0v) is 11.1. The quantitative estimate of drug-likeness (QED) is 0.524. The molecule has 2 aromatic rings. The summed E-state index contributed by atoms with van der Waals surface area (Å²) in [5.41, 5.74) is -3.54. The Balaban J connectivity index is 2.19. The number of rotatable bonds is 3. The highest BCUT2D eigenvalue weighted by Gasteiger charge is 2.60. The van der Waals surface area contributed by atoms with E-state index in [-0.39, 0.29) is 16.7 Å². The lowest BCUT2D eigenvalue weighted by Gasteiger charge is -2.15. The van der Waals surface area contributed by atoms with Crippen LogP contribution < -0.4 is 0 Å². The molecule has 110 valence electrons. The van der Waals surface area contributed by atoms with Gasteiger partial charge in [-0.15, -0.1) is 0 Å². The van der Waals surface area contributed by atoms with E-state index in [2.05, 4.69) is 0 Å². The van der Waals surface area contributed by atoms with Gasteiger partial charge in [0.25, 0.3) is 11.3 Å². The number of furan rings is 1. The van der Waals surface area contributed by atoms with Crippen molar-refractivity contribution in [3.63, 3.8) is 0 Å². The van der Waals surface area contributed by atoms with Crippen molar-refractivity contribution in [2.45, 2.75) is 5.60 Å². The van der Waals surface area contributed by atoms with Gasteiger partial charge in [-0.1, -0.05) is 24.3 Å². The number of hydrogen-bond donors (Lipinski definition) is 1. The van der Waals surface area contributed by atoms with Crippen LogP contribution in [-0.2, 0) is 0 Å². The highest BCUT2D eigenvalue weighted by molar-refractivity contribution is 6.33. The van der Waals surface area contributed by atoms with Crippen molar-refractivity contribution in [2.75, 3.05) is 0 Å². The van der Waals surface area contributed by atoms with Gasteiger partial charge in [0.05, 0.1) is 17.4 Å². The van der Waals surface area contributed by atoms with E-state index in [1.54, 1.807) is 0 Å². The fraction of sp³-hybridized carbons (Fsp3) is 0.0667. The van der Waals surface area contributed by atoms with Gasteiger partial charge in [0, 0.05) is 22.8 Å². The molecule has 3 rings (SSSR count). The average molecular weight is 299 g/mol. The molecule has 0 aliphatic heterocycles. The Labute approximate surface area is 123 Å². The first kappa shape index (κ1) is 13.9. The number of carbonyl (C=O) groups excluding carboxylic acids is 2. The Morgan fingerprint density at radius 3 is 2.23 bits per heavy atom. The summed E-state index contributed by atoms with van der Waals surface area (Å²) < 4.78 is 4.79. The summed E-state index contributed by atoms with van der Waals surface area (Å²) >= 11 is 0. The highest BCUT2D eigenvalue weighted by atomic mass is 16.6. The van der Waals surface area contributed by atoms with Crippen LogP contribution in [0.3, 0.4) is 0 Å². The minimum Gasteiger partial charge on any atom is -0.472 e. The summed E-state index contributed by atoms with van der Waals surface area (Å²) in [6.45, 7) is 0. The van der Waals surface area contributed by atoms with Gasteiger partial charge in [0.1, 0.15) is 0 Å². The first-order valence-electron chi connectivity index (χ1n) is 6.26. The van der Waals surface area contributed by atoms with Crippen LogP contribution >= 0.6 is 0 Å². The summed E-state index contributed by atoms with van der Waals surface area (Å²) in [7, 11) is 0. The molecule has 1 aromatic heterocycles. The molecule has 1 aliphatic carbocycles. The molecular formula is C15H9NO6. The topological polar surface area (TPSA) is 111 Å². The van der Waals surface area contributed by atoms with Gasteiger partial charge < -0.3 is 9.52 Å². The van der Waals surface area contributed by atoms with Crippen molar-refractivity contribution in [3.05, 3.63) is 75.4 Å². The predicted octanol–water partition coefficient (Wildman–Crippen LogP) is 1.71. The maximum absolute atomic E-state index is 12.4. The van der Waals surface area contributed by atoms with Crippen LogP contribution in [0.1, 0.15) is 26.3 Å². The van der Waals surface area contributed by atoms with Crippen molar-refractivity contribution in [1.29, 1.82) is 0 Å². The summed E-state index contributed by atoms with van der Waals surface area (Å²) in [5.74, 6) is -2.00. The summed E-state index contributed by atoms with van der Waals surface area (Å²) in [4.78, 5) is 35.1. The molecule has 0 fully saturated rings. The van der Waals surface area contributed by atoms with Gasteiger partial charge >= 0.3 is 0 Å². The average Bonchev–Trinajstić information content (AvgIpc) is 3.08. The van der Waals surface area contributed by atoms with Crippen LogP contribution in [-0.4, -0.2) is 27.2 Å². The molecule has 1 N–H and O–H groups in total. The molecule has 1 aromatic carbocycles. The number of Topliss-reactive ketones (excluding diaryl/α,β-unsaturated/α-hetero) is 2. The van der Waals surface area contributed by atoms with Crippen molar-refractivity contribution in [3.8, 4) is 0 Å². The number of ketones is 2. The fourth-order valence-corrected chi connectivity index (χ4v) is 2.41. The van der Waals surface area contributed by atoms with Gasteiger partial charge in [-0.25, -0.2) is 0 Å². The van der Waals surface area contributed by atoms with E-state index in [4.69, 9.17) is 4.42 Å². The van der Waals surface area contributed by atoms with Gasteiger partial charge in [-0.05, 0) is 6.07 Å². The molecule has 0 radical (unpaired) electrons. The van der Waals surface area contributed by atoms with Crippen LogP contribution in [0.2, 0.25) is 0 Å². The second kappa shape index (κ2) is 4.74. The van der Waals surface area contributed by atoms with Crippen LogP contribution in [0.5, 0.6) is 0 Å². The Bertz CT molecular complexity index is 783. The number of benzene rings is 1. The Kier molecular flexibility index (Phi) is 3.00. The SMILES string of the molecule is O=C1c2ccccc2C(=O)C1(O)/C(=C/c1ccoc1)[N+](=O)[O-]. The lowest BCUT2D eigenvalue weighted by atomic mass is 9.92. The third kappa shape index (κ3) is 1.80. The van der Waals surface area contributed by atoms with Crippen LogP contribution in [0, 0.1) is 10.1 Å². The van der Waals surface area contributed by atoms with Crippen LogP contribution in [0.4, 0.5) is 0 Å². The maximum atomic E-state index is 12.4. The molecule has 1 aliphatic rings. The van der Waals surface area contributed by atoms with E-state index < -0.39 is 27.8 Å². The highest BCUT2D eigenvalue weighted by Crippen LogP contribution is 2.36. The molecule has 0 saturated heterocycles. The monoisotopic (exact) mass is 299 g/mol. The Morgan fingerprint density at radius 2 is 1.77 bits per heavy atom. The molecule has 7 heteroatoms. The van der Waals surface area contributed by atoms with Crippen molar-refractivity contribution >= 4 is 17.6 Å². The van der Waals surface area contributed by atoms with E-state index in [9.17, 15) is 24.8 Å². The first-order valence-corrected chi connectivity index (χ1v) is 6.26. The van der Waals surface area contributed by atoms with E-state index in [1.807, 2.05) is 0 Å². The fourth-order valence-electron chi connectivity index (χ4n) is 2.41. The molecule has 0 unspecified atom stereocenters. The van der Waals surface area contributed by atoms with Crippen LogP contribution in [0.25, 0.3) is 6.08 Å². The molecule has 0 spiro atoms. The molecule has 0 amide bonds. The third-order valence-corrected chi connectivity index (χ3v) is 3.49. The zero-order valence-electron chi connectivity index (χ0n) is 11.1. The molecule has 0 saturated carbocycles. The standard InChI is InChI=1S/C15H9NO6/c17-13-10-3-1-2-4-11(10)14(18)15(13,19)12(16(20)21)7-9-5-6-22-8-9/h1-8,19H/b12-7-. The van der Waals surface area contributed by atoms with Gasteiger partial charge in [0.15, 0.2) is 0 Å².